The van der Waals surface area contributed by atoms with Crippen molar-refractivity contribution in [2.75, 3.05) is 10.5 Å². The van der Waals surface area contributed by atoms with E-state index < -0.39 is 10.0 Å². The van der Waals surface area contributed by atoms with E-state index in [1.165, 1.54) is 12.1 Å². The highest BCUT2D eigenvalue weighted by Gasteiger charge is 2.19. The highest BCUT2D eigenvalue weighted by molar-refractivity contribution is 7.92. The molecule has 34 heavy (non-hydrogen) atoms. The Morgan fingerprint density at radius 1 is 0.912 bits per heavy atom. The molecule has 4 rings (SSSR count). The van der Waals surface area contributed by atoms with Gasteiger partial charge < -0.3 is 10.5 Å². The summed E-state index contributed by atoms with van der Waals surface area (Å²) in [6.07, 6.45) is 0. The zero-order chi connectivity index (χ0) is 24.3. The normalized spacial score (nSPS) is 11.4. The molecule has 1 heterocycles. The van der Waals surface area contributed by atoms with Crippen LogP contribution in [0.15, 0.2) is 83.8 Å². The summed E-state index contributed by atoms with van der Waals surface area (Å²) >= 11 is 0. The van der Waals surface area contributed by atoms with Crippen LogP contribution in [0.3, 0.4) is 0 Å². The fourth-order valence-electron chi connectivity index (χ4n) is 3.48. The number of rotatable bonds is 7. The van der Waals surface area contributed by atoms with Crippen molar-refractivity contribution < 1.29 is 13.2 Å². The van der Waals surface area contributed by atoms with Crippen LogP contribution in [-0.2, 0) is 10.0 Å². The number of nitrogens with two attached hydrogens (primary N) is 1. The van der Waals surface area contributed by atoms with Gasteiger partial charge in [-0.05, 0) is 48.7 Å². The third kappa shape index (κ3) is 5.35. The van der Waals surface area contributed by atoms with Gasteiger partial charge in [-0.2, -0.15) is 4.98 Å². The third-order valence-corrected chi connectivity index (χ3v) is 6.52. The number of benzene rings is 3. The number of aryl methyl sites for hydroxylation is 1. The Balaban J connectivity index is 1.79. The smallest absolute Gasteiger partial charge is 0.264 e. The Morgan fingerprint density at radius 2 is 1.65 bits per heavy atom. The number of hydrogen-bond donors (Lipinski definition) is 2. The average molecular weight is 475 g/mol. The SMILES string of the molecule is Cc1ccc(Oc2cc(-c3ccccc3C(C)C)nc(NS(=O)(=O)c3cccc(N)c3)n2)cc1. The lowest BCUT2D eigenvalue weighted by atomic mass is 9.95. The van der Waals surface area contributed by atoms with Crippen LogP contribution in [0.25, 0.3) is 11.3 Å². The predicted molar refractivity (Wildman–Crippen MR) is 134 cm³/mol. The number of nitrogen functional groups attached to an aromatic ring is 1. The van der Waals surface area contributed by atoms with E-state index >= 15 is 0 Å². The molecule has 0 aliphatic rings. The molecule has 4 aromatic rings. The van der Waals surface area contributed by atoms with Crippen LogP contribution in [0.4, 0.5) is 11.6 Å². The van der Waals surface area contributed by atoms with E-state index in [9.17, 15) is 8.42 Å². The first-order valence-corrected chi connectivity index (χ1v) is 12.3. The molecule has 7 nitrogen and oxygen atoms in total. The molecule has 3 N–H and O–H groups in total. The van der Waals surface area contributed by atoms with Gasteiger partial charge in [0.2, 0.25) is 11.8 Å². The fraction of sp³-hybridized carbons (Fsp3) is 0.154. The van der Waals surface area contributed by atoms with Gasteiger partial charge in [-0.15, -0.1) is 0 Å². The Hall–Kier alpha value is -3.91. The topological polar surface area (TPSA) is 107 Å². The Morgan fingerprint density at radius 3 is 2.35 bits per heavy atom. The van der Waals surface area contributed by atoms with Crippen molar-refractivity contribution in [2.24, 2.45) is 0 Å². The molecule has 3 aromatic carbocycles. The number of sulfonamides is 1. The van der Waals surface area contributed by atoms with Crippen molar-refractivity contribution >= 4 is 21.7 Å². The third-order valence-electron chi connectivity index (χ3n) is 5.20. The summed E-state index contributed by atoms with van der Waals surface area (Å²) < 4.78 is 34.4. The van der Waals surface area contributed by atoms with E-state index in [2.05, 4.69) is 28.5 Å². The molecule has 0 spiro atoms. The molecular formula is C26H26N4O3S. The van der Waals surface area contributed by atoms with Gasteiger partial charge in [-0.25, -0.2) is 18.1 Å². The Bertz CT molecular complexity index is 1420. The van der Waals surface area contributed by atoms with Crippen molar-refractivity contribution in [1.29, 1.82) is 0 Å². The maximum absolute atomic E-state index is 13.0. The quantitative estimate of drug-likeness (QED) is 0.330. The largest absolute Gasteiger partial charge is 0.439 e. The average Bonchev–Trinajstić information content (AvgIpc) is 2.80. The van der Waals surface area contributed by atoms with Crippen LogP contribution in [0.2, 0.25) is 0 Å². The molecule has 0 atom stereocenters. The first-order valence-electron chi connectivity index (χ1n) is 10.8. The van der Waals surface area contributed by atoms with E-state index in [4.69, 9.17) is 10.5 Å². The Kier molecular flexibility index (Phi) is 6.51. The standard InChI is InChI=1S/C26H26N4O3S/c1-17(2)22-9-4-5-10-23(22)24-16-25(33-20-13-11-18(3)12-14-20)29-26(28-24)30-34(31,32)21-8-6-7-19(27)15-21/h4-17H,27H2,1-3H3,(H,28,29,30). The zero-order valence-electron chi connectivity index (χ0n) is 19.2. The van der Waals surface area contributed by atoms with Gasteiger partial charge in [-0.1, -0.05) is 61.9 Å². The summed E-state index contributed by atoms with van der Waals surface area (Å²) in [6.45, 7) is 6.17. The number of nitrogens with zero attached hydrogens (tertiary/aromatic N) is 2. The van der Waals surface area contributed by atoms with Gasteiger partial charge in [0.25, 0.3) is 10.0 Å². The maximum Gasteiger partial charge on any atom is 0.264 e. The van der Waals surface area contributed by atoms with Crippen LogP contribution in [-0.4, -0.2) is 18.4 Å². The van der Waals surface area contributed by atoms with Crippen LogP contribution in [0.1, 0.15) is 30.9 Å². The van der Waals surface area contributed by atoms with Crippen molar-refractivity contribution in [3.05, 3.63) is 90.0 Å². The molecule has 8 heteroatoms. The predicted octanol–water partition coefficient (Wildman–Crippen LogP) is 5.75. The molecule has 0 saturated heterocycles. The highest BCUT2D eigenvalue weighted by atomic mass is 32.2. The Labute approximate surface area is 199 Å². The second-order valence-electron chi connectivity index (χ2n) is 8.25. The molecule has 0 unspecified atom stereocenters. The summed E-state index contributed by atoms with van der Waals surface area (Å²) in [6, 6.07) is 23.1. The minimum atomic E-state index is -3.97. The van der Waals surface area contributed by atoms with Crippen molar-refractivity contribution in [2.45, 2.75) is 31.6 Å². The second kappa shape index (κ2) is 9.52. The van der Waals surface area contributed by atoms with E-state index in [-0.39, 0.29) is 22.6 Å². The number of hydrogen-bond acceptors (Lipinski definition) is 6. The molecule has 0 aliphatic carbocycles. The molecule has 0 radical (unpaired) electrons. The molecule has 0 saturated carbocycles. The molecule has 174 valence electrons. The lowest BCUT2D eigenvalue weighted by Crippen LogP contribution is -2.16. The number of aromatic nitrogens is 2. The van der Waals surface area contributed by atoms with Gasteiger partial charge in [-0.3, -0.25) is 0 Å². The van der Waals surface area contributed by atoms with Crippen molar-refractivity contribution in [3.63, 3.8) is 0 Å². The van der Waals surface area contributed by atoms with Gasteiger partial charge in [0.1, 0.15) is 5.75 Å². The summed E-state index contributed by atoms with van der Waals surface area (Å²) in [7, 11) is -3.97. The number of anilines is 2. The summed E-state index contributed by atoms with van der Waals surface area (Å²) in [4.78, 5) is 8.87. The van der Waals surface area contributed by atoms with Crippen molar-refractivity contribution in [1.82, 2.24) is 9.97 Å². The minimum absolute atomic E-state index is 0.0186. The lowest BCUT2D eigenvalue weighted by Gasteiger charge is -2.15. The summed E-state index contributed by atoms with van der Waals surface area (Å²) in [5.41, 5.74) is 9.70. The van der Waals surface area contributed by atoms with E-state index in [1.807, 2.05) is 55.5 Å². The van der Waals surface area contributed by atoms with Gasteiger partial charge in [0.05, 0.1) is 10.6 Å². The number of ether oxygens (including phenoxy) is 1. The van der Waals surface area contributed by atoms with Gasteiger partial charge in [0, 0.05) is 17.3 Å². The van der Waals surface area contributed by atoms with Gasteiger partial charge >= 0.3 is 0 Å². The van der Waals surface area contributed by atoms with Crippen LogP contribution in [0, 0.1) is 6.92 Å². The zero-order valence-corrected chi connectivity index (χ0v) is 20.0. The van der Waals surface area contributed by atoms with Crippen LogP contribution < -0.4 is 15.2 Å². The number of nitrogens with one attached hydrogen (secondary N) is 1. The van der Waals surface area contributed by atoms with Crippen LogP contribution in [0.5, 0.6) is 11.6 Å². The summed E-state index contributed by atoms with van der Waals surface area (Å²) in [5.74, 6) is 0.940. The maximum atomic E-state index is 13.0. The molecule has 0 amide bonds. The molecule has 0 fully saturated rings. The van der Waals surface area contributed by atoms with Gasteiger partial charge in [0.15, 0.2) is 0 Å². The highest BCUT2D eigenvalue weighted by Crippen LogP contribution is 2.32. The second-order valence-corrected chi connectivity index (χ2v) is 9.93. The van der Waals surface area contributed by atoms with E-state index in [0.29, 0.717) is 17.1 Å². The summed E-state index contributed by atoms with van der Waals surface area (Å²) in [5, 5.41) is 0. The van der Waals surface area contributed by atoms with E-state index in [1.54, 1.807) is 18.2 Å². The molecular weight excluding hydrogens is 448 g/mol. The molecule has 0 bridgehead atoms. The van der Waals surface area contributed by atoms with Crippen LogP contribution >= 0.6 is 0 Å². The monoisotopic (exact) mass is 474 g/mol. The lowest BCUT2D eigenvalue weighted by molar-refractivity contribution is 0.463. The van der Waals surface area contributed by atoms with Crippen molar-refractivity contribution in [3.8, 4) is 22.9 Å². The fourth-order valence-corrected chi connectivity index (χ4v) is 4.48. The van der Waals surface area contributed by atoms with E-state index in [0.717, 1.165) is 16.7 Å². The first kappa shape index (κ1) is 23.3. The first-order chi connectivity index (χ1) is 16.2. The molecule has 1 aromatic heterocycles. The minimum Gasteiger partial charge on any atom is -0.439 e. The molecule has 0 aliphatic heterocycles.